The first kappa shape index (κ1) is 3.02. The maximum absolute atomic E-state index is 3.26. The van der Waals surface area contributed by atoms with Gasteiger partial charge in [-0.05, 0) is 0 Å². The molecule has 4 rings (SSSR count). The number of nitrogens with zero attached hydrogens (tertiary/aromatic N) is 2. The lowest BCUT2D eigenvalue weighted by Crippen LogP contribution is -2.45. The van der Waals surface area contributed by atoms with E-state index in [2.05, 4.69) is 15.1 Å². The van der Waals surface area contributed by atoms with E-state index in [0.29, 0.717) is 0 Å². The van der Waals surface area contributed by atoms with E-state index in [0.717, 1.165) is 25.7 Å². The van der Waals surface area contributed by atoms with Gasteiger partial charge in [0.2, 0.25) is 0 Å². The third-order valence-electron chi connectivity index (χ3n) is 2.04. The molecular weight excluding hydrogens is 90.1 g/mol. The largest absolute Gasteiger partial charge is 0.291 e. The second kappa shape index (κ2) is 0.632. The fourth-order valence-electron chi connectivity index (χ4n) is 1.49. The molecule has 0 aliphatic carbocycles. The first-order valence-electron chi connectivity index (χ1n) is 2.71. The molecular formula is C4H7N3. The lowest BCUT2D eigenvalue weighted by Gasteiger charge is -2.24. The zero-order valence-corrected chi connectivity index (χ0v) is 3.96. The normalized spacial score (nSPS) is 72.0. The highest BCUT2D eigenvalue weighted by Crippen LogP contribution is 2.51. The summed E-state index contributed by atoms with van der Waals surface area (Å²) < 4.78 is 0. The van der Waals surface area contributed by atoms with Crippen LogP contribution in [0.2, 0.25) is 0 Å². The highest BCUT2D eigenvalue weighted by atomic mass is 15.8. The van der Waals surface area contributed by atoms with Gasteiger partial charge < -0.3 is 0 Å². The molecule has 4 aliphatic heterocycles. The van der Waals surface area contributed by atoms with Gasteiger partial charge in [-0.2, -0.15) is 0 Å². The van der Waals surface area contributed by atoms with Crippen molar-refractivity contribution >= 4 is 0 Å². The van der Waals surface area contributed by atoms with Crippen LogP contribution in [-0.4, -0.2) is 35.5 Å². The fraction of sp³-hybridized carbons (Fsp3) is 1.00. The van der Waals surface area contributed by atoms with E-state index in [9.17, 15) is 0 Å². The van der Waals surface area contributed by atoms with Crippen molar-refractivity contribution in [2.24, 2.45) is 0 Å². The Morgan fingerprint density at radius 1 is 1.14 bits per heavy atom. The molecule has 4 aliphatic rings. The molecule has 3 nitrogen and oxygen atoms in total. The first-order valence-corrected chi connectivity index (χ1v) is 2.71. The van der Waals surface area contributed by atoms with Crippen LogP contribution in [0, 0.1) is 0 Å². The maximum Gasteiger partial charge on any atom is 0.0970 e. The van der Waals surface area contributed by atoms with Gasteiger partial charge in [-0.3, -0.25) is 15.1 Å². The lowest BCUT2D eigenvalue weighted by molar-refractivity contribution is 0.126. The van der Waals surface area contributed by atoms with Crippen molar-refractivity contribution in [3.05, 3.63) is 0 Å². The van der Waals surface area contributed by atoms with Crippen molar-refractivity contribution in [1.29, 1.82) is 0 Å². The summed E-state index contributed by atoms with van der Waals surface area (Å²) in [7, 11) is 0. The van der Waals surface area contributed by atoms with Crippen LogP contribution in [-0.2, 0) is 0 Å². The molecule has 2 bridgehead atoms. The molecule has 4 saturated heterocycles. The minimum Gasteiger partial charge on any atom is -0.291 e. The zero-order valence-electron chi connectivity index (χ0n) is 3.96. The maximum atomic E-state index is 3.26. The molecule has 38 valence electrons. The Morgan fingerprint density at radius 2 is 1.71 bits per heavy atom. The number of fused-ring (bicyclic) bond motifs is 2. The standard InChI is InChI=1S/C4H7N3/c1-5-2-7-3-4(7)6(1)3/h3-5H,1-2H2. The molecule has 0 aromatic carbocycles. The molecule has 0 aromatic heterocycles. The van der Waals surface area contributed by atoms with Crippen molar-refractivity contribution in [2.75, 3.05) is 13.3 Å². The Morgan fingerprint density at radius 3 is 2.00 bits per heavy atom. The Hall–Kier alpha value is -0.120. The van der Waals surface area contributed by atoms with E-state index in [4.69, 9.17) is 0 Å². The lowest BCUT2D eigenvalue weighted by atomic mass is 10.7. The quantitative estimate of drug-likeness (QED) is 0.382. The van der Waals surface area contributed by atoms with Crippen LogP contribution in [0.3, 0.4) is 0 Å². The van der Waals surface area contributed by atoms with E-state index >= 15 is 0 Å². The van der Waals surface area contributed by atoms with Crippen LogP contribution >= 0.6 is 0 Å². The van der Waals surface area contributed by atoms with Crippen molar-refractivity contribution in [3.8, 4) is 0 Å². The number of hydrogen-bond donors (Lipinski definition) is 1. The van der Waals surface area contributed by atoms with Crippen molar-refractivity contribution in [3.63, 3.8) is 0 Å². The topological polar surface area (TPSA) is 18.0 Å². The molecule has 4 heterocycles. The van der Waals surface area contributed by atoms with Gasteiger partial charge in [-0.1, -0.05) is 0 Å². The highest BCUT2D eigenvalue weighted by Gasteiger charge is 2.72. The minimum atomic E-state index is 0.890. The van der Waals surface area contributed by atoms with Crippen molar-refractivity contribution in [1.82, 2.24) is 15.1 Å². The monoisotopic (exact) mass is 97.1 g/mol. The predicted octanol–water partition coefficient (Wildman–Crippen LogP) is -1.21. The molecule has 4 fully saturated rings. The van der Waals surface area contributed by atoms with Crippen LogP contribution in [0.1, 0.15) is 0 Å². The summed E-state index contributed by atoms with van der Waals surface area (Å²) in [6.45, 7) is 2.26. The number of rotatable bonds is 0. The fourth-order valence-corrected chi connectivity index (χ4v) is 1.49. The Kier molecular flexibility index (Phi) is 0.273. The third kappa shape index (κ3) is 0.185. The van der Waals surface area contributed by atoms with Gasteiger partial charge in [0, 0.05) is 0 Å². The molecule has 0 atom stereocenters. The van der Waals surface area contributed by atoms with Crippen LogP contribution < -0.4 is 5.32 Å². The highest BCUT2D eigenvalue weighted by molar-refractivity contribution is 5.18. The van der Waals surface area contributed by atoms with Gasteiger partial charge in [0.05, 0.1) is 25.7 Å². The Bertz CT molecular complexity index is 90.1. The molecule has 0 amide bonds. The molecule has 0 spiro atoms. The summed E-state index contributed by atoms with van der Waals surface area (Å²) >= 11 is 0. The van der Waals surface area contributed by atoms with Gasteiger partial charge in [0.15, 0.2) is 0 Å². The van der Waals surface area contributed by atoms with Crippen molar-refractivity contribution in [2.45, 2.75) is 12.3 Å². The number of nitrogens with one attached hydrogen (secondary N) is 1. The molecule has 0 radical (unpaired) electrons. The SMILES string of the molecule is C1NCN2C3C2N13. The molecule has 1 N–H and O–H groups in total. The van der Waals surface area contributed by atoms with Gasteiger partial charge >= 0.3 is 0 Å². The van der Waals surface area contributed by atoms with E-state index in [-0.39, 0.29) is 0 Å². The average Bonchev–Trinajstić information content (AvgIpc) is 2.53. The van der Waals surface area contributed by atoms with Crippen LogP contribution in [0.5, 0.6) is 0 Å². The predicted molar refractivity (Wildman–Crippen MR) is 24.1 cm³/mol. The minimum absolute atomic E-state index is 0.890. The first-order chi connectivity index (χ1) is 3.48. The van der Waals surface area contributed by atoms with Gasteiger partial charge in [-0.15, -0.1) is 0 Å². The van der Waals surface area contributed by atoms with Gasteiger partial charge in [0.25, 0.3) is 0 Å². The summed E-state index contributed by atoms with van der Waals surface area (Å²) in [6.07, 6.45) is 1.78. The Labute approximate surface area is 41.9 Å². The number of hydrogen-bond acceptors (Lipinski definition) is 3. The second-order valence-corrected chi connectivity index (χ2v) is 2.42. The molecule has 0 unspecified atom stereocenters. The van der Waals surface area contributed by atoms with Crippen LogP contribution in [0.25, 0.3) is 0 Å². The summed E-state index contributed by atoms with van der Waals surface area (Å²) in [4.78, 5) is 4.87. The summed E-state index contributed by atoms with van der Waals surface area (Å²) in [6, 6.07) is 0. The molecule has 0 aromatic rings. The van der Waals surface area contributed by atoms with Crippen LogP contribution in [0.15, 0.2) is 0 Å². The van der Waals surface area contributed by atoms with Gasteiger partial charge in [-0.25, -0.2) is 0 Å². The molecule has 7 heavy (non-hydrogen) atoms. The second-order valence-electron chi connectivity index (χ2n) is 2.42. The smallest absolute Gasteiger partial charge is 0.0970 e. The molecule has 0 saturated carbocycles. The molecule has 3 heteroatoms. The van der Waals surface area contributed by atoms with E-state index in [1.54, 1.807) is 0 Å². The summed E-state index contributed by atoms with van der Waals surface area (Å²) in [5.41, 5.74) is 0. The summed E-state index contributed by atoms with van der Waals surface area (Å²) in [5.74, 6) is 0. The third-order valence-corrected chi connectivity index (χ3v) is 2.04. The average molecular weight is 97.1 g/mol. The van der Waals surface area contributed by atoms with Gasteiger partial charge in [0.1, 0.15) is 0 Å². The van der Waals surface area contributed by atoms with Crippen molar-refractivity contribution < 1.29 is 0 Å². The zero-order chi connectivity index (χ0) is 4.43. The van der Waals surface area contributed by atoms with E-state index in [1.165, 1.54) is 0 Å². The van der Waals surface area contributed by atoms with E-state index in [1.807, 2.05) is 0 Å². The van der Waals surface area contributed by atoms with Crippen LogP contribution in [0.4, 0.5) is 0 Å². The Balaban J connectivity index is 1.95. The van der Waals surface area contributed by atoms with E-state index < -0.39 is 0 Å². The summed E-state index contributed by atoms with van der Waals surface area (Å²) in [5, 5.41) is 3.26.